The fourth-order valence-electron chi connectivity index (χ4n) is 1.39. The van der Waals surface area contributed by atoms with Crippen LogP contribution in [0, 0.1) is 0 Å². The lowest BCUT2D eigenvalue weighted by Gasteiger charge is -1.86. The molecule has 1 fully saturated rings. The van der Waals surface area contributed by atoms with Crippen molar-refractivity contribution in [2.45, 2.75) is 25.2 Å². The second kappa shape index (κ2) is 2.94. The molecular formula is C9H10N4O. The maximum atomic E-state index is 5.15. The number of rotatable bonds is 3. The second-order valence-corrected chi connectivity index (χ2v) is 3.61. The molecule has 5 heteroatoms. The summed E-state index contributed by atoms with van der Waals surface area (Å²) in [7, 11) is 0. The minimum atomic E-state index is 0.528. The molecule has 0 spiro atoms. The van der Waals surface area contributed by atoms with Crippen LogP contribution < -0.4 is 0 Å². The quantitative estimate of drug-likeness (QED) is 0.791. The molecule has 0 saturated heterocycles. The molecule has 3 rings (SSSR count). The molecule has 0 bridgehead atoms. The van der Waals surface area contributed by atoms with Gasteiger partial charge in [0.15, 0.2) is 5.82 Å². The molecule has 0 radical (unpaired) electrons. The Morgan fingerprint density at radius 1 is 1.50 bits per heavy atom. The zero-order valence-electron chi connectivity index (χ0n) is 7.60. The minimum Gasteiger partial charge on any atom is -0.339 e. The molecule has 72 valence electrons. The van der Waals surface area contributed by atoms with Crippen LogP contribution in [0.5, 0.6) is 0 Å². The molecule has 1 aliphatic carbocycles. The molecule has 1 saturated carbocycles. The minimum absolute atomic E-state index is 0.528. The number of aromatic amines is 1. The van der Waals surface area contributed by atoms with Gasteiger partial charge in [-0.15, -0.1) is 0 Å². The third-order valence-electron chi connectivity index (χ3n) is 2.33. The Kier molecular flexibility index (Phi) is 1.62. The first-order valence-corrected chi connectivity index (χ1v) is 4.72. The molecule has 0 amide bonds. The first-order valence-electron chi connectivity index (χ1n) is 4.72. The van der Waals surface area contributed by atoms with Crippen LogP contribution in [-0.4, -0.2) is 20.3 Å². The second-order valence-electron chi connectivity index (χ2n) is 3.61. The van der Waals surface area contributed by atoms with Gasteiger partial charge in [0, 0.05) is 18.5 Å². The maximum Gasteiger partial charge on any atom is 0.229 e. The van der Waals surface area contributed by atoms with Crippen LogP contribution in [0.1, 0.15) is 36.0 Å². The van der Waals surface area contributed by atoms with Crippen molar-refractivity contribution in [2.24, 2.45) is 0 Å². The summed E-state index contributed by atoms with van der Waals surface area (Å²) < 4.78 is 5.15. The van der Waals surface area contributed by atoms with Crippen LogP contribution in [0.4, 0.5) is 0 Å². The van der Waals surface area contributed by atoms with Gasteiger partial charge in [-0.3, -0.25) is 5.10 Å². The Morgan fingerprint density at radius 3 is 3.14 bits per heavy atom. The zero-order chi connectivity index (χ0) is 9.38. The first kappa shape index (κ1) is 7.73. The van der Waals surface area contributed by atoms with Crippen molar-refractivity contribution < 1.29 is 4.52 Å². The smallest absolute Gasteiger partial charge is 0.229 e. The van der Waals surface area contributed by atoms with Crippen LogP contribution in [0.15, 0.2) is 16.9 Å². The average molecular weight is 190 g/mol. The topological polar surface area (TPSA) is 67.6 Å². The van der Waals surface area contributed by atoms with E-state index >= 15 is 0 Å². The van der Waals surface area contributed by atoms with E-state index in [1.807, 2.05) is 6.20 Å². The normalized spacial score (nSPS) is 16.0. The Labute approximate surface area is 80.5 Å². The highest BCUT2D eigenvalue weighted by atomic mass is 16.5. The van der Waals surface area contributed by atoms with E-state index in [2.05, 4.69) is 20.3 Å². The number of hydrogen-bond acceptors (Lipinski definition) is 4. The summed E-state index contributed by atoms with van der Waals surface area (Å²) in [5.74, 6) is 2.07. The van der Waals surface area contributed by atoms with Crippen LogP contribution >= 0.6 is 0 Å². The molecule has 0 aliphatic heterocycles. The van der Waals surface area contributed by atoms with Gasteiger partial charge >= 0.3 is 0 Å². The Hall–Kier alpha value is -1.65. The van der Waals surface area contributed by atoms with Crippen molar-refractivity contribution in [1.29, 1.82) is 0 Å². The molecule has 1 N–H and O–H groups in total. The molecule has 0 aromatic carbocycles. The van der Waals surface area contributed by atoms with E-state index in [9.17, 15) is 0 Å². The van der Waals surface area contributed by atoms with Crippen LogP contribution in [-0.2, 0) is 6.42 Å². The van der Waals surface area contributed by atoms with E-state index in [1.165, 1.54) is 12.8 Å². The molecule has 5 nitrogen and oxygen atoms in total. The van der Waals surface area contributed by atoms with Crippen molar-refractivity contribution >= 4 is 0 Å². The molecule has 2 heterocycles. The van der Waals surface area contributed by atoms with Gasteiger partial charge in [0.25, 0.3) is 0 Å². The molecular weight excluding hydrogens is 180 g/mol. The monoisotopic (exact) mass is 190 g/mol. The summed E-state index contributed by atoms with van der Waals surface area (Å²) in [6, 6.07) is 0. The van der Waals surface area contributed by atoms with Gasteiger partial charge in [-0.2, -0.15) is 10.1 Å². The lowest BCUT2D eigenvalue weighted by atomic mass is 10.2. The summed E-state index contributed by atoms with van der Waals surface area (Å²) in [5.41, 5.74) is 1.08. The SMILES string of the molecule is c1n[nH]cc1Cc1noc(C2CC2)n1. The van der Waals surface area contributed by atoms with Gasteiger partial charge in [0.05, 0.1) is 6.20 Å². The number of hydrogen-bond donors (Lipinski definition) is 1. The van der Waals surface area contributed by atoms with Gasteiger partial charge in [-0.25, -0.2) is 0 Å². The lowest BCUT2D eigenvalue weighted by molar-refractivity contribution is 0.375. The standard InChI is InChI=1S/C9H10N4O/c1-2-7(1)9-12-8(13-14-9)3-6-4-10-11-5-6/h4-5,7H,1-3H2,(H,10,11). The highest BCUT2D eigenvalue weighted by Crippen LogP contribution is 2.38. The molecule has 14 heavy (non-hydrogen) atoms. The molecule has 2 aromatic heterocycles. The van der Waals surface area contributed by atoms with E-state index < -0.39 is 0 Å². The predicted molar refractivity (Wildman–Crippen MR) is 47.7 cm³/mol. The number of nitrogens with one attached hydrogen (secondary N) is 1. The van der Waals surface area contributed by atoms with E-state index in [0.717, 1.165) is 17.3 Å². The molecule has 0 atom stereocenters. The van der Waals surface area contributed by atoms with Gasteiger partial charge < -0.3 is 4.52 Å². The molecule has 2 aromatic rings. The summed E-state index contributed by atoms with van der Waals surface area (Å²) >= 11 is 0. The lowest BCUT2D eigenvalue weighted by Crippen LogP contribution is -1.89. The average Bonchev–Trinajstić information content (AvgIpc) is 2.75. The van der Waals surface area contributed by atoms with Crippen molar-refractivity contribution in [3.8, 4) is 0 Å². The van der Waals surface area contributed by atoms with Crippen molar-refractivity contribution in [2.75, 3.05) is 0 Å². The Bertz CT molecular complexity index is 416. The van der Waals surface area contributed by atoms with E-state index in [1.54, 1.807) is 6.20 Å². The zero-order valence-corrected chi connectivity index (χ0v) is 7.60. The maximum absolute atomic E-state index is 5.15. The highest BCUT2D eigenvalue weighted by Gasteiger charge is 2.29. The summed E-state index contributed by atoms with van der Waals surface area (Å²) in [6.07, 6.45) is 6.67. The predicted octanol–water partition coefficient (Wildman–Crippen LogP) is 1.26. The van der Waals surface area contributed by atoms with Gasteiger partial charge in [0.1, 0.15) is 0 Å². The number of aromatic nitrogens is 4. The fraction of sp³-hybridized carbons (Fsp3) is 0.444. The fourth-order valence-corrected chi connectivity index (χ4v) is 1.39. The first-order chi connectivity index (χ1) is 6.92. The third kappa shape index (κ3) is 1.41. The van der Waals surface area contributed by atoms with E-state index in [-0.39, 0.29) is 0 Å². The summed E-state index contributed by atoms with van der Waals surface area (Å²) in [4.78, 5) is 4.33. The van der Waals surface area contributed by atoms with E-state index in [4.69, 9.17) is 4.52 Å². The molecule has 0 unspecified atom stereocenters. The highest BCUT2D eigenvalue weighted by molar-refractivity contribution is 5.11. The number of H-pyrrole nitrogens is 1. The summed E-state index contributed by atoms with van der Waals surface area (Å²) in [6.45, 7) is 0. The van der Waals surface area contributed by atoms with Crippen LogP contribution in [0.2, 0.25) is 0 Å². The summed E-state index contributed by atoms with van der Waals surface area (Å²) in [5, 5.41) is 10.5. The van der Waals surface area contributed by atoms with Crippen LogP contribution in [0.25, 0.3) is 0 Å². The third-order valence-corrected chi connectivity index (χ3v) is 2.33. The Balaban J connectivity index is 1.76. The van der Waals surface area contributed by atoms with Crippen molar-refractivity contribution in [1.82, 2.24) is 20.3 Å². The number of nitrogens with zero attached hydrogens (tertiary/aromatic N) is 3. The largest absolute Gasteiger partial charge is 0.339 e. The van der Waals surface area contributed by atoms with Crippen molar-refractivity contribution in [3.05, 3.63) is 29.7 Å². The Morgan fingerprint density at radius 2 is 2.43 bits per heavy atom. The van der Waals surface area contributed by atoms with Gasteiger partial charge in [-0.1, -0.05) is 5.16 Å². The van der Waals surface area contributed by atoms with Gasteiger partial charge in [-0.05, 0) is 18.4 Å². The van der Waals surface area contributed by atoms with Crippen molar-refractivity contribution in [3.63, 3.8) is 0 Å². The van der Waals surface area contributed by atoms with Gasteiger partial charge in [0.2, 0.25) is 5.89 Å². The molecule has 1 aliphatic rings. The van der Waals surface area contributed by atoms with E-state index in [0.29, 0.717) is 12.3 Å². The van der Waals surface area contributed by atoms with Crippen LogP contribution in [0.3, 0.4) is 0 Å².